The van der Waals surface area contributed by atoms with Gasteiger partial charge in [-0.3, -0.25) is 0 Å². The second kappa shape index (κ2) is 6.08. The van der Waals surface area contributed by atoms with Gasteiger partial charge in [0.1, 0.15) is 6.61 Å². The first-order chi connectivity index (χ1) is 7.24. The summed E-state index contributed by atoms with van der Waals surface area (Å²) in [6, 6.07) is 2.44. The number of carbonyl (C=O) groups is 1. The van der Waals surface area contributed by atoms with Gasteiger partial charge in [-0.1, -0.05) is 0 Å². The van der Waals surface area contributed by atoms with E-state index in [0.29, 0.717) is 13.2 Å². The van der Waals surface area contributed by atoms with Gasteiger partial charge in [0.15, 0.2) is 0 Å². The summed E-state index contributed by atoms with van der Waals surface area (Å²) in [7, 11) is 0. The molecule has 0 atom stereocenters. The number of hydrogen-bond acceptors (Lipinski definition) is 4. The highest BCUT2D eigenvalue weighted by Crippen LogP contribution is 2.01. The van der Waals surface area contributed by atoms with Crippen LogP contribution < -0.4 is 0 Å². The lowest BCUT2D eigenvalue weighted by Gasteiger charge is -2.04. The predicted octanol–water partition coefficient (Wildman–Crippen LogP) is 1.41. The molecule has 0 aromatic carbocycles. The van der Waals surface area contributed by atoms with Gasteiger partial charge in [0.25, 0.3) is 0 Å². The molecule has 0 N–H and O–H groups in total. The molecular weight excluding hydrogens is 201 g/mol. The molecule has 0 spiro atoms. The lowest BCUT2D eigenvalue weighted by Crippen LogP contribution is -2.11. The minimum absolute atomic E-state index is 0.185. The normalized spacial score (nSPS) is 10.0. The molecule has 1 rings (SSSR count). The first kappa shape index (κ1) is 11.6. The van der Waals surface area contributed by atoms with Crippen LogP contribution in [0, 0.1) is 5.95 Å². The van der Waals surface area contributed by atoms with Crippen molar-refractivity contribution in [2.45, 2.75) is 6.92 Å². The maximum atomic E-state index is 12.4. The number of aromatic nitrogens is 1. The fourth-order valence-corrected chi connectivity index (χ4v) is 0.918. The Kier molecular flexibility index (Phi) is 4.70. The minimum Gasteiger partial charge on any atom is -0.460 e. The molecule has 0 fully saturated rings. The highest BCUT2D eigenvalue weighted by Gasteiger charge is 2.06. The van der Waals surface area contributed by atoms with Crippen molar-refractivity contribution in [3.8, 4) is 0 Å². The summed E-state index contributed by atoms with van der Waals surface area (Å²) in [5, 5.41) is 0. The Morgan fingerprint density at radius 2 is 2.27 bits per heavy atom. The standard InChI is InChI=1S/C10H12FNO3/c1-2-14-5-6-15-10(13)8-3-4-9(11)12-7-8/h3-4,7H,2,5-6H2,1H3. The summed E-state index contributed by atoms with van der Waals surface area (Å²) in [4.78, 5) is 14.6. The number of pyridine rings is 1. The number of carbonyl (C=O) groups excluding carboxylic acids is 1. The van der Waals surface area contributed by atoms with Crippen molar-refractivity contribution in [3.05, 3.63) is 29.8 Å². The Morgan fingerprint density at radius 1 is 1.47 bits per heavy atom. The third kappa shape index (κ3) is 4.03. The van der Waals surface area contributed by atoms with Crippen LogP contribution >= 0.6 is 0 Å². The molecule has 0 bridgehead atoms. The van der Waals surface area contributed by atoms with Crippen LogP contribution in [0.5, 0.6) is 0 Å². The van der Waals surface area contributed by atoms with E-state index < -0.39 is 11.9 Å². The van der Waals surface area contributed by atoms with Gasteiger partial charge in [0.2, 0.25) is 5.95 Å². The average molecular weight is 213 g/mol. The molecule has 0 aliphatic carbocycles. The van der Waals surface area contributed by atoms with E-state index in [9.17, 15) is 9.18 Å². The van der Waals surface area contributed by atoms with Gasteiger partial charge in [0.05, 0.1) is 12.2 Å². The van der Waals surface area contributed by atoms with Crippen molar-refractivity contribution in [2.75, 3.05) is 19.8 Å². The summed E-state index contributed by atoms with van der Waals surface area (Å²) in [6.45, 7) is 2.97. The van der Waals surface area contributed by atoms with Crippen LogP contribution in [0.4, 0.5) is 4.39 Å². The Balaban J connectivity index is 2.37. The van der Waals surface area contributed by atoms with E-state index >= 15 is 0 Å². The highest BCUT2D eigenvalue weighted by atomic mass is 19.1. The third-order valence-electron chi connectivity index (χ3n) is 1.63. The van der Waals surface area contributed by atoms with Gasteiger partial charge in [0, 0.05) is 12.8 Å². The Morgan fingerprint density at radius 3 is 2.87 bits per heavy atom. The molecule has 82 valence electrons. The molecule has 1 aromatic rings. The van der Waals surface area contributed by atoms with Gasteiger partial charge in [-0.2, -0.15) is 4.39 Å². The lowest BCUT2D eigenvalue weighted by molar-refractivity contribution is 0.0335. The summed E-state index contributed by atoms with van der Waals surface area (Å²) in [5.41, 5.74) is 0.230. The minimum atomic E-state index is -0.624. The molecule has 1 heterocycles. The van der Waals surface area contributed by atoms with E-state index in [1.807, 2.05) is 6.92 Å². The van der Waals surface area contributed by atoms with E-state index in [1.165, 1.54) is 6.07 Å². The summed E-state index contributed by atoms with van der Waals surface area (Å²) in [5.74, 6) is -1.15. The number of esters is 1. The van der Waals surface area contributed by atoms with E-state index in [0.717, 1.165) is 12.3 Å². The van der Waals surface area contributed by atoms with E-state index in [1.54, 1.807) is 0 Å². The first-order valence-electron chi connectivity index (χ1n) is 4.60. The van der Waals surface area contributed by atoms with Crippen LogP contribution in [0.1, 0.15) is 17.3 Å². The molecule has 0 saturated heterocycles. The number of nitrogens with zero attached hydrogens (tertiary/aromatic N) is 1. The van der Waals surface area contributed by atoms with Gasteiger partial charge in [-0.25, -0.2) is 9.78 Å². The molecule has 0 saturated carbocycles. The van der Waals surface area contributed by atoms with Crippen LogP contribution in [0.15, 0.2) is 18.3 Å². The first-order valence-corrected chi connectivity index (χ1v) is 4.60. The smallest absolute Gasteiger partial charge is 0.339 e. The second-order valence-electron chi connectivity index (χ2n) is 2.70. The fraction of sp³-hybridized carbons (Fsp3) is 0.400. The molecule has 15 heavy (non-hydrogen) atoms. The fourth-order valence-electron chi connectivity index (χ4n) is 0.918. The van der Waals surface area contributed by atoms with Crippen LogP contribution in [0.2, 0.25) is 0 Å². The van der Waals surface area contributed by atoms with Crippen molar-refractivity contribution >= 4 is 5.97 Å². The van der Waals surface area contributed by atoms with Crippen molar-refractivity contribution in [1.82, 2.24) is 4.98 Å². The van der Waals surface area contributed by atoms with E-state index in [-0.39, 0.29) is 12.2 Å². The van der Waals surface area contributed by atoms with Gasteiger partial charge >= 0.3 is 5.97 Å². The second-order valence-corrected chi connectivity index (χ2v) is 2.70. The van der Waals surface area contributed by atoms with Crippen LogP contribution in [0.3, 0.4) is 0 Å². The Labute approximate surface area is 87.0 Å². The zero-order valence-electron chi connectivity index (χ0n) is 8.40. The lowest BCUT2D eigenvalue weighted by atomic mass is 10.3. The molecular formula is C10H12FNO3. The molecule has 0 amide bonds. The van der Waals surface area contributed by atoms with E-state index in [4.69, 9.17) is 9.47 Å². The van der Waals surface area contributed by atoms with E-state index in [2.05, 4.69) is 4.98 Å². The molecule has 0 aliphatic heterocycles. The van der Waals surface area contributed by atoms with Crippen LogP contribution in [0.25, 0.3) is 0 Å². The van der Waals surface area contributed by atoms with Crippen LogP contribution in [-0.4, -0.2) is 30.8 Å². The van der Waals surface area contributed by atoms with Gasteiger partial charge in [-0.05, 0) is 19.1 Å². The summed E-state index contributed by atoms with van der Waals surface area (Å²) >= 11 is 0. The number of rotatable bonds is 5. The molecule has 1 aromatic heterocycles. The zero-order valence-corrected chi connectivity index (χ0v) is 8.40. The number of hydrogen-bond donors (Lipinski definition) is 0. The Bertz CT molecular complexity index is 313. The maximum absolute atomic E-state index is 12.4. The van der Waals surface area contributed by atoms with Crippen molar-refractivity contribution < 1.29 is 18.7 Å². The van der Waals surface area contributed by atoms with Crippen LogP contribution in [-0.2, 0) is 9.47 Å². The molecule has 0 aliphatic rings. The SMILES string of the molecule is CCOCCOC(=O)c1ccc(F)nc1. The molecule has 5 heteroatoms. The average Bonchev–Trinajstić information content (AvgIpc) is 2.25. The largest absolute Gasteiger partial charge is 0.460 e. The summed E-state index contributed by atoms with van der Waals surface area (Å²) < 4.78 is 22.2. The number of ether oxygens (including phenoxy) is 2. The summed E-state index contributed by atoms with van der Waals surface area (Å²) in [6.07, 6.45) is 1.14. The van der Waals surface area contributed by atoms with Gasteiger partial charge in [-0.15, -0.1) is 0 Å². The third-order valence-corrected chi connectivity index (χ3v) is 1.63. The van der Waals surface area contributed by atoms with Crippen molar-refractivity contribution in [2.24, 2.45) is 0 Å². The topological polar surface area (TPSA) is 48.4 Å². The van der Waals surface area contributed by atoms with Crippen molar-refractivity contribution in [1.29, 1.82) is 0 Å². The maximum Gasteiger partial charge on any atom is 0.339 e. The quantitative estimate of drug-likeness (QED) is 0.421. The number of halogens is 1. The molecule has 0 radical (unpaired) electrons. The molecule has 4 nitrogen and oxygen atoms in total. The van der Waals surface area contributed by atoms with Crippen molar-refractivity contribution in [3.63, 3.8) is 0 Å². The predicted molar refractivity (Wildman–Crippen MR) is 51.0 cm³/mol. The van der Waals surface area contributed by atoms with Gasteiger partial charge < -0.3 is 9.47 Å². The Hall–Kier alpha value is -1.49. The molecule has 0 unspecified atom stereocenters. The highest BCUT2D eigenvalue weighted by molar-refractivity contribution is 5.88. The monoisotopic (exact) mass is 213 g/mol. The zero-order chi connectivity index (χ0) is 11.1.